The summed E-state index contributed by atoms with van der Waals surface area (Å²) in [6, 6.07) is 2.01. The maximum atomic E-state index is 5.25. The first kappa shape index (κ1) is 11.5. The highest BCUT2D eigenvalue weighted by atomic mass is 32.2. The van der Waals surface area contributed by atoms with Crippen molar-refractivity contribution in [3.63, 3.8) is 0 Å². The van der Waals surface area contributed by atoms with E-state index in [1.807, 2.05) is 19.2 Å². The van der Waals surface area contributed by atoms with Crippen LogP contribution >= 0.6 is 23.1 Å². The van der Waals surface area contributed by atoms with Gasteiger partial charge in [0.25, 0.3) is 0 Å². The number of furan rings is 1. The molecule has 2 aromatic heterocycles. The molecular weight excluding hydrogens is 240 g/mol. The second kappa shape index (κ2) is 5.41. The Morgan fingerprint density at radius 2 is 2.44 bits per heavy atom. The lowest BCUT2D eigenvalue weighted by Crippen LogP contribution is -1.94. The van der Waals surface area contributed by atoms with Gasteiger partial charge in [-0.3, -0.25) is 0 Å². The summed E-state index contributed by atoms with van der Waals surface area (Å²) >= 11 is 3.50. The molecule has 0 unspecified atom stereocenters. The van der Waals surface area contributed by atoms with Crippen LogP contribution in [0.3, 0.4) is 0 Å². The molecule has 0 aromatic carbocycles. The van der Waals surface area contributed by atoms with E-state index in [1.54, 1.807) is 29.4 Å². The molecule has 0 saturated heterocycles. The number of nitrogens with one attached hydrogen (secondary N) is 1. The molecule has 2 rings (SSSR count). The lowest BCUT2D eigenvalue weighted by atomic mass is 10.5. The number of thioether (sulfide) groups is 1. The van der Waals surface area contributed by atoms with Gasteiger partial charge in [0.15, 0.2) is 5.13 Å². The highest BCUT2D eigenvalue weighted by Gasteiger charge is 2.05. The Hall–Kier alpha value is -0.940. The molecule has 0 radical (unpaired) electrons. The van der Waals surface area contributed by atoms with E-state index in [0.29, 0.717) is 0 Å². The third kappa shape index (κ3) is 2.80. The number of anilines is 1. The molecule has 86 valence electrons. The number of thiazole rings is 1. The van der Waals surface area contributed by atoms with Crippen LogP contribution in [-0.4, -0.2) is 11.5 Å². The van der Waals surface area contributed by atoms with Crippen molar-refractivity contribution in [3.05, 3.63) is 29.2 Å². The summed E-state index contributed by atoms with van der Waals surface area (Å²) < 4.78 is 5.25. The summed E-state index contributed by atoms with van der Waals surface area (Å²) in [4.78, 5) is 6.78. The van der Waals surface area contributed by atoms with Gasteiger partial charge in [0, 0.05) is 28.3 Å². The van der Waals surface area contributed by atoms with Gasteiger partial charge < -0.3 is 9.73 Å². The average Bonchev–Trinajstić information content (AvgIpc) is 2.86. The summed E-state index contributed by atoms with van der Waals surface area (Å²) in [6.45, 7) is 4.98. The first-order valence-electron chi connectivity index (χ1n) is 5.15. The zero-order chi connectivity index (χ0) is 11.4. The standard InChI is InChI=1S/C11H14N2OS2/c1-3-12-11-13-6-9(16-11)7-15-10-4-5-14-8(10)2/h4-6H,3,7H2,1-2H3,(H,12,13). The van der Waals surface area contributed by atoms with Crippen LogP contribution in [0, 0.1) is 6.92 Å². The molecule has 0 amide bonds. The molecule has 0 aliphatic rings. The molecule has 5 heteroatoms. The van der Waals surface area contributed by atoms with Gasteiger partial charge in [0.2, 0.25) is 0 Å². The van der Waals surface area contributed by atoms with Crippen LogP contribution in [-0.2, 0) is 5.75 Å². The molecule has 0 spiro atoms. The third-order valence-corrected chi connectivity index (χ3v) is 4.39. The Bertz CT molecular complexity index is 450. The lowest BCUT2D eigenvalue weighted by Gasteiger charge is -1.96. The fourth-order valence-electron chi connectivity index (χ4n) is 1.28. The van der Waals surface area contributed by atoms with Gasteiger partial charge in [-0.05, 0) is 19.9 Å². The number of nitrogens with zero attached hydrogens (tertiary/aromatic N) is 1. The van der Waals surface area contributed by atoms with Gasteiger partial charge in [0.05, 0.1) is 6.26 Å². The zero-order valence-electron chi connectivity index (χ0n) is 9.32. The number of aryl methyl sites for hydroxylation is 1. The third-order valence-electron chi connectivity index (χ3n) is 2.06. The van der Waals surface area contributed by atoms with E-state index in [-0.39, 0.29) is 0 Å². The molecule has 0 saturated carbocycles. The fourth-order valence-corrected chi connectivity index (χ4v) is 3.14. The van der Waals surface area contributed by atoms with Crippen molar-refractivity contribution in [2.24, 2.45) is 0 Å². The van der Waals surface area contributed by atoms with Crippen LogP contribution in [0.5, 0.6) is 0 Å². The van der Waals surface area contributed by atoms with E-state index in [1.165, 1.54) is 9.77 Å². The Morgan fingerprint density at radius 1 is 1.56 bits per heavy atom. The van der Waals surface area contributed by atoms with Gasteiger partial charge in [-0.1, -0.05) is 0 Å². The molecule has 2 heterocycles. The fraction of sp³-hybridized carbons (Fsp3) is 0.364. The van der Waals surface area contributed by atoms with E-state index in [4.69, 9.17) is 4.42 Å². The van der Waals surface area contributed by atoms with Crippen molar-refractivity contribution < 1.29 is 4.42 Å². The van der Waals surface area contributed by atoms with Crippen LogP contribution in [0.2, 0.25) is 0 Å². The predicted octanol–water partition coefficient (Wildman–Crippen LogP) is 3.77. The molecule has 0 aliphatic heterocycles. The van der Waals surface area contributed by atoms with Gasteiger partial charge in [-0.2, -0.15) is 0 Å². The molecule has 1 N–H and O–H groups in total. The van der Waals surface area contributed by atoms with E-state index in [0.717, 1.165) is 23.2 Å². The Morgan fingerprint density at radius 3 is 3.12 bits per heavy atom. The van der Waals surface area contributed by atoms with Crippen molar-refractivity contribution in [2.75, 3.05) is 11.9 Å². The smallest absolute Gasteiger partial charge is 0.182 e. The minimum Gasteiger partial charge on any atom is -0.468 e. The first-order valence-corrected chi connectivity index (χ1v) is 6.95. The molecule has 0 bridgehead atoms. The second-order valence-corrected chi connectivity index (χ2v) is 5.42. The SMILES string of the molecule is CCNc1ncc(CSc2ccoc2C)s1. The highest BCUT2D eigenvalue weighted by Crippen LogP contribution is 2.29. The molecule has 0 fully saturated rings. The van der Waals surface area contributed by atoms with Gasteiger partial charge in [-0.15, -0.1) is 23.1 Å². The predicted molar refractivity (Wildman–Crippen MR) is 69.3 cm³/mol. The largest absolute Gasteiger partial charge is 0.468 e. The van der Waals surface area contributed by atoms with Crippen LogP contribution in [0.4, 0.5) is 5.13 Å². The van der Waals surface area contributed by atoms with Crippen LogP contribution in [0.15, 0.2) is 27.8 Å². The Kier molecular flexibility index (Phi) is 3.90. The van der Waals surface area contributed by atoms with E-state index in [2.05, 4.69) is 17.2 Å². The maximum Gasteiger partial charge on any atom is 0.182 e. The van der Waals surface area contributed by atoms with Crippen molar-refractivity contribution in [2.45, 2.75) is 24.5 Å². The molecule has 3 nitrogen and oxygen atoms in total. The van der Waals surface area contributed by atoms with Crippen molar-refractivity contribution in [1.29, 1.82) is 0 Å². The topological polar surface area (TPSA) is 38.1 Å². The summed E-state index contributed by atoms with van der Waals surface area (Å²) in [6.07, 6.45) is 3.67. The minimum absolute atomic E-state index is 0.918. The Labute approximate surface area is 103 Å². The summed E-state index contributed by atoms with van der Waals surface area (Å²) in [5, 5.41) is 4.21. The quantitative estimate of drug-likeness (QED) is 0.824. The first-order chi connectivity index (χ1) is 7.79. The monoisotopic (exact) mass is 254 g/mol. The normalized spacial score (nSPS) is 10.6. The molecule has 0 aliphatic carbocycles. The van der Waals surface area contributed by atoms with E-state index in [9.17, 15) is 0 Å². The van der Waals surface area contributed by atoms with Crippen molar-refractivity contribution in [1.82, 2.24) is 4.98 Å². The van der Waals surface area contributed by atoms with Crippen LogP contribution < -0.4 is 5.32 Å². The van der Waals surface area contributed by atoms with Crippen molar-refractivity contribution >= 4 is 28.2 Å². The molecular formula is C11H14N2OS2. The van der Waals surface area contributed by atoms with Crippen molar-refractivity contribution in [3.8, 4) is 0 Å². The zero-order valence-corrected chi connectivity index (χ0v) is 11.0. The second-order valence-electron chi connectivity index (χ2n) is 3.29. The average molecular weight is 254 g/mol. The molecule has 2 aromatic rings. The van der Waals surface area contributed by atoms with Crippen LogP contribution in [0.1, 0.15) is 17.6 Å². The number of hydrogen-bond donors (Lipinski definition) is 1. The Balaban J connectivity index is 1.92. The summed E-state index contributed by atoms with van der Waals surface area (Å²) in [5.74, 6) is 1.94. The van der Waals surface area contributed by atoms with E-state index < -0.39 is 0 Å². The van der Waals surface area contributed by atoms with Gasteiger partial charge in [0.1, 0.15) is 5.76 Å². The maximum absolute atomic E-state index is 5.25. The number of aromatic nitrogens is 1. The number of hydrogen-bond acceptors (Lipinski definition) is 5. The van der Waals surface area contributed by atoms with E-state index >= 15 is 0 Å². The van der Waals surface area contributed by atoms with Gasteiger partial charge in [-0.25, -0.2) is 4.98 Å². The van der Waals surface area contributed by atoms with Gasteiger partial charge >= 0.3 is 0 Å². The minimum atomic E-state index is 0.918. The number of rotatable bonds is 5. The van der Waals surface area contributed by atoms with Crippen LogP contribution in [0.25, 0.3) is 0 Å². The molecule has 16 heavy (non-hydrogen) atoms. The lowest BCUT2D eigenvalue weighted by molar-refractivity contribution is 0.527. The summed E-state index contributed by atoms with van der Waals surface area (Å²) in [7, 11) is 0. The summed E-state index contributed by atoms with van der Waals surface area (Å²) in [5.41, 5.74) is 0. The highest BCUT2D eigenvalue weighted by molar-refractivity contribution is 7.98. The molecule has 0 atom stereocenters.